The predicted octanol–water partition coefficient (Wildman–Crippen LogP) is 3.74. The summed E-state index contributed by atoms with van der Waals surface area (Å²) in [6.45, 7) is 2.22. The molecular formula is C14H23NOS. The monoisotopic (exact) mass is 253 g/mol. The highest BCUT2D eigenvalue weighted by molar-refractivity contribution is 7.85. The number of nitrogens with two attached hydrogens (primary N) is 1. The quantitative estimate of drug-likeness (QED) is 0.566. The van der Waals surface area contributed by atoms with Crippen molar-refractivity contribution in [2.75, 3.05) is 11.5 Å². The molecule has 0 aliphatic heterocycles. The Balaban J connectivity index is 2.19. The van der Waals surface area contributed by atoms with Crippen LogP contribution in [0.2, 0.25) is 0 Å². The molecule has 0 radical (unpaired) electrons. The normalized spacial score (nSPS) is 12.5. The molecule has 3 heteroatoms. The van der Waals surface area contributed by atoms with Crippen molar-refractivity contribution in [3.63, 3.8) is 0 Å². The summed E-state index contributed by atoms with van der Waals surface area (Å²) in [5.74, 6) is 0.774. The Hall–Kier alpha value is -0.830. The van der Waals surface area contributed by atoms with Crippen molar-refractivity contribution >= 4 is 16.5 Å². The Labute approximate surface area is 107 Å². The zero-order chi connectivity index (χ0) is 12.5. The molecule has 0 saturated heterocycles. The van der Waals surface area contributed by atoms with E-state index in [-0.39, 0.29) is 0 Å². The van der Waals surface area contributed by atoms with Gasteiger partial charge in [-0.1, -0.05) is 39.0 Å². The molecule has 0 aliphatic carbocycles. The molecule has 0 aromatic heterocycles. The van der Waals surface area contributed by atoms with Gasteiger partial charge in [-0.2, -0.15) is 0 Å². The molecule has 1 rings (SSSR count). The van der Waals surface area contributed by atoms with Crippen molar-refractivity contribution in [2.24, 2.45) is 0 Å². The summed E-state index contributed by atoms with van der Waals surface area (Å²) in [7, 11) is -0.854. The first-order valence-corrected chi connectivity index (χ1v) is 7.80. The lowest BCUT2D eigenvalue weighted by Crippen LogP contribution is -1.98. The molecule has 0 bridgehead atoms. The first kappa shape index (κ1) is 14.2. The minimum atomic E-state index is -0.854. The fourth-order valence-electron chi connectivity index (χ4n) is 1.75. The van der Waals surface area contributed by atoms with Gasteiger partial charge in [0, 0.05) is 16.3 Å². The topological polar surface area (TPSA) is 43.1 Å². The summed E-state index contributed by atoms with van der Waals surface area (Å²) in [5.41, 5.74) is 6.32. The average Bonchev–Trinajstić information content (AvgIpc) is 2.34. The van der Waals surface area contributed by atoms with E-state index < -0.39 is 10.8 Å². The third kappa shape index (κ3) is 5.87. The van der Waals surface area contributed by atoms with E-state index in [0.717, 1.165) is 22.8 Å². The third-order valence-corrected chi connectivity index (χ3v) is 4.28. The van der Waals surface area contributed by atoms with Crippen molar-refractivity contribution in [2.45, 2.75) is 50.3 Å². The van der Waals surface area contributed by atoms with Crippen LogP contribution < -0.4 is 5.73 Å². The van der Waals surface area contributed by atoms with Crippen LogP contribution in [-0.4, -0.2) is 9.96 Å². The Kier molecular flexibility index (Phi) is 6.94. The van der Waals surface area contributed by atoms with E-state index in [4.69, 9.17) is 5.73 Å². The number of nitrogen functional groups attached to an aromatic ring is 1. The van der Waals surface area contributed by atoms with Crippen molar-refractivity contribution < 1.29 is 4.21 Å². The van der Waals surface area contributed by atoms with Gasteiger partial charge in [0.2, 0.25) is 0 Å². The molecule has 0 saturated carbocycles. The van der Waals surface area contributed by atoms with E-state index in [1.165, 1.54) is 32.1 Å². The number of hydrogen-bond donors (Lipinski definition) is 1. The van der Waals surface area contributed by atoms with Crippen molar-refractivity contribution in [3.8, 4) is 0 Å². The van der Waals surface area contributed by atoms with Crippen LogP contribution in [0.3, 0.4) is 0 Å². The number of benzene rings is 1. The van der Waals surface area contributed by atoms with Gasteiger partial charge in [0.25, 0.3) is 0 Å². The van der Waals surface area contributed by atoms with E-state index in [9.17, 15) is 4.21 Å². The fourth-order valence-corrected chi connectivity index (χ4v) is 2.89. The maximum absolute atomic E-state index is 11.9. The SMILES string of the molecule is CCCCCCCCS(=O)c1ccc(N)cc1. The molecule has 0 heterocycles. The second kappa shape index (κ2) is 8.29. The number of hydrogen-bond acceptors (Lipinski definition) is 2. The van der Waals surface area contributed by atoms with Crippen LogP contribution in [0.1, 0.15) is 45.4 Å². The molecule has 96 valence electrons. The van der Waals surface area contributed by atoms with E-state index in [1.807, 2.05) is 24.3 Å². The largest absolute Gasteiger partial charge is 0.399 e. The first-order chi connectivity index (χ1) is 8.24. The fraction of sp³-hybridized carbons (Fsp3) is 0.571. The highest BCUT2D eigenvalue weighted by Crippen LogP contribution is 2.12. The number of rotatable bonds is 8. The van der Waals surface area contributed by atoms with Gasteiger partial charge in [-0.25, -0.2) is 0 Å². The average molecular weight is 253 g/mol. The summed E-state index contributed by atoms with van der Waals surface area (Å²) in [6.07, 6.45) is 7.43. The summed E-state index contributed by atoms with van der Waals surface area (Å²) in [6, 6.07) is 7.36. The molecular weight excluding hydrogens is 230 g/mol. The molecule has 17 heavy (non-hydrogen) atoms. The van der Waals surface area contributed by atoms with Crippen LogP contribution in [0, 0.1) is 0 Å². The molecule has 2 nitrogen and oxygen atoms in total. The van der Waals surface area contributed by atoms with Crippen molar-refractivity contribution in [1.82, 2.24) is 0 Å². The summed E-state index contributed by atoms with van der Waals surface area (Å²) in [5, 5.41) is 0. The van der Waals surface area contributed by atoms with Crippen LogP contribution in [0.5, 0.6) is 0 Å². The van der Waals surface area contributed by atoms with Gasteiger partial charge in [-0.3, -0.25) is 4.21 Å². The molecule has 0 fully saturated rings. The Bertz CT molecular complexity index is 335. The molecule has 0 aliphatic rings. The van der Waals surface area contributed by atoms with Gasteiger partial charge in [-0.15, -0.1) is 0 Å². The third-order valence-electron chi connectivity index (χ3n) is 2.83. The van der Waals surface area contributed by atoms with E-state index in [1.54, 1.807) is 0 Å². The number of unbranched alkanes of at least 4 members (excludes halogenated alkanes) is 5. The smallest absolute Gasteiger partial charge is 0.0529 e. The second-order valence-electron chi connectivity index (χ2n) is 4.39. The minimum absolute atomic E-state index is 0.727. The summed E-state index contributed by atoms with van der Waals surface area (Å²) < 4.78 is 11.9. The summed E-state index contributed by atoms with van der Waals surface area (Å²) in [4.78, 5) is 0.896. The van der Waals surface area contributed by atoms with Gasteiger partial charge in [0.05, 0.1) is 10.8 Å². The molecule has 1 unspecified atom stereocenters. The first-order valence-electron chi connectivity index (χ1n) is 6.48. The minimum Gasteiger partial charge on any atom is -0.399 e. The lowest BCUT2D eigenvalue weighted by atomic mass is 10.1. The zero-order valence-electron chi connectivity index (χ0n) is 10.7. The van der Waals surface area contributed by atoms with Crippen LogP contribution in [0.4, 0.5) is 5.69 Å². The standard InChI is InChI=1S/C14H23NOS/c1-2-3-4-5-6-7-12-17(16)14-10-8-13(15)9-11-14/h8-11H,2-7,12,15H2,1H3. The second-order valence-corrected chi connectivity index (χ2v) is 5.96. The lowest BCUT2D eigenvalue weighted by Gasteiger charge is -2.03. The van der Waals surface area contributed by atoms with Gasteiger partial charge >= 0.3 is 0 Å². The molecule has 0 spiro atoms. The molecule has 1 atom stereocenters. The highest BCUT2D eigenvalue weighted by atomic mass is 32.2. The van der Waals surface area contributed by atoms with E-state index >= 15 is 0 Å². The Morgan fingerprint density at radius 2 is 1.59 bits per heavy atom. The van der Waals surface area contributed by atoms with Crippen LogP contribution in [0.15, 0.2) is 29.2 Å². The Morgan fingerprint density at radius 1 is 1.00 bits per heavy atom. The van der Waals surface area contributed by atoms with Crippen molar-refractivity contribution in [1.29, 1.82) is 0 Å². The van der Waals surface area contributed by atoms with Crippen LogP contribution in [0.25, 0.3) is 0 Å². The van der Waals surface area contributed by atoms with Gasteiger partial charge in [0.1, 0.15) is 0 Å². The van der Waals surface area contributed by atoms with Gasteiger partial charge in [-0.05, 0) is 30.7 Å². The maximum Gasteiger partial charge on any atom is 0.0529 e. The number of anilines is 1. The molecule has 1 aromatic rings. The molecule has 2 N–H and O–H groups in total. The summed E-state index contributed by atoms with van der Waals surface area (Å²) >= 11 is 0. The van der Waals surface area contributed by atoms with Crippen LogP contribution >= 0.6 is 0 Å². The highest BCUT2D eigenvalue weighted by Gasteiger charge is 2.02. The van der Waals surface area contributed by atoms with Gasteiger partial charge < -0.3 is 5.73 Å². The molecule has 1 aromatic carbocycles. The van der Waals surface area contributed by atoms with Crippen molar-refractivity contribution in [3.05, 3.63) is 24.3 Å². The predicted molar refractivity (Wildman–Crippen MR) is 75.5 cm³/mol. The van der Waals surface area contributed by atoms with Crippen LogP contribution in [-0.2, 0) is 10.8 Å². The van der Waals surface area contributed by atoms with E-state index in [0.29, 0.717) is 0 Å². The van der Waals surface area contributed by atoms with E-state index in [2.05, 4.69) is 6.92 Å². The lowest BCUT2D eigenvalue weighted by molar-refractivity contribution is 0.622. The van der Waals surface area contributed by atoms with Gasteiger partial charge in [0.15, 0.2) is 0 Å². The maximum atomic E-state index is 11.9. The zero-order valence-corrected chi connectivity index (χ0v) is 11.5. The molecule has 0 amide bonds. The Morgan fingerprint density at radius 3 is 2.24 bits per heavy atom.